The third-order valence-electron chi connectivity index (χ3n) is 3.61. The average molecular weight is 238 g/mol. The van der Waals surface area contributed by atoms with Gasteiger partial charge >= 0.3 is 5.97 Å². The number of esters is 1. The Labute approximate surface area is 103 Å². The summed E-state index contributed by atoms with van der Waals surface area (Å²) in [7, 11) is 0. The van der Waals surface area contributed by atoms with E-state index in [9.17, 15) is 4.79 Å². The van der Waals surface area contributed by atoms with Gasteiger partial charge in [0.05, 0.1) is 6.61 Å². The maximum absolute atomic E-state index is 12.1. The molecule has 1 aliphatic heterocycles. The van der Waals surface area contributed by atoms with Crippen molar-refractivity contribution in [1.29, 1.82) is 0 Å². The molecule has 96 valence electrons. The highest BCUT2D eigenvalue weighted by Crippen LogP contribution is 2.34. The highest BCUT2D eigenvalue weighted by molar-refractivity contribution is 5.81. The van der Waals surface area contributed by atoms with Gasteiger partial charge in [-0.3, -0.25) is 10.2 Å². The molecule has 0 aromatic heterocycles. The molecule has 1 N–H and O–H groups in total. The summed E-state index contributed by atoms with van der Waals surface area (Å²) in [5.41, 5.74) is -0.507. The number of rotatable bonds is 6. The summed E-state index contributed by atoms with van der Waals surface area (Å²) in [6, 6.07) is 0.705. The molecule has 1 aliphatic carbocycles. The summed E-state index contributed by atoms with van der Waals surface area (Å²) in [5, 5.41) is 3.31. The zero-order chi connectivity index (χ0) is 12.3. The second kappa shape index (κ2) is 5.19. The van der Waals surface area contributed by atoms with Gasteiger partial charge in [0.2, 0.25) is 0 Å². The molecule has 4 nitrogen and oxygen atoms in total. The van der Waals surface area contributed by atoms with Gasteiger partial charge in [-0.25, -0.2) is 4.79 Å². The summed E-state index contributed by atoms with van der Waals surface area (Å²) in [4.78, 5) is 14.5. The third kappa shape index (κ3) is 2.69. The first kappa shape index (κ1) is 12.6. The number of nitrogens with one attached hydrogen (secondary N) is 1. The van der Waals surface area contributed by atoms with E-state index in [0.717, 1.165) is 19.5 Å². The lowest BCUT2D eigenvalue weighted by atomic mass is 9.99. The Morgan fingerprint density at radius 1 is 1.65 bits per heavy atom. The van der Waals surface area contributed by atoms with Gasteiger partial charge < -0.3 is 4.74 Å². The second-order valence-corrected chi connectivity index (χ2v) is 4.92. The fourth-order valence-corrected chi connectivity index (χ4v) is 2.51. The van der Waals surface area contributed by atoms with Crippen molar-refractivity contribution in [3.05, 3.63) is 12.7 Å². The highest BCUT2D eigenvalue weighted by atomic mass is 16.5. The number of carbonyl (C=O) groups excluding carboxylic acids is 1. The van der Waals surface area contributed by atoms with E-state index in [1.54, 1.807) is 6.08 Å². The Kier molecular flexibility index (Phi) is 3.84. The Bertz CT molecular complexity index is 302. The number of likely N-dealkylation sites (tertiary alicyclic amines) is 1. The predicted molar refractivity (Wildman–Crippen MR) is 66.8 cm³/mol. The Hall–Kier alpha value is -0.870. The second-order valence-electron chi connectivity index (χ2n) is 4.92. The lowest BCUT2D eigenvalue weighted by molar-refractivity contribution is -0.150. The molecule has 0 spiro atoms. The quantitative estimate of drug-likeness (QED) is 0.552. The lowest BCUT2D eigenvalue weighted by Crippen LogP contribution is -2.55. The molecule has 0 aromatic rings. The van der Waals surface area contributed by atoms with Crippen LogP contribution in [0.1, 0.15) is 26.2 Å². The molecule has 1 atom stereocenters. The summed E-state index contributed by atoms with van der Waals surface area (Å²) >= 11 is 0. The van der Waals surface area contributed by atoms with Crippen molar-refractivity contribution in [2.75, 3.05) is 26.2 Å². The largest absolute Gasteiger partial charge is 0.465 e. The molecular formula is C13H22N2O2. The van der Waals surface area contributed by atoms with Crippen LogP contribution in [0.25, 0.3) is 0 Å². The maximum Gasteiger partial charge on any atom is 0.327 e. The number of ether oxygens (including phenoxy) is 1. The number of hydrogen-bond acceptors (Lipinski definition) is 4. The number of nitrogens with zero attached hydrogens (tertiary/aromatic N) is 1. The number of carbonyl (C=O) groups is 1. The van der Waals surface area contributed by atoms with Crippen LogP contribution in [-0.4, -0.2) is 48.7 Å². The van der Waals surface area contributed by atoms with Crippen LogP contribution in [0, 0.1) is 0 Å². The minimum Gasteiger partial charge on any atom is -0.465 e. The molecule has 1 saturated carbocycles. The van der Waals surface area contributed by atoms with Gasteiger partial charge in [-0.15, -0.1) is 6.58 Å². The number of hydrogen-bond donors (Lipinski definition) is 1. The standard InChI is InChI=1S/C13H22N2O2/c1-3-8-14-13(12(16)17-4-2)7-9-15(10-13)11-5-6-11/h3,11,14H,1,4-10H2,2H3. The van der Waals surface area contributed by atoms with Crippen molar-refractivity contribution in [1.82, 2.24) is 10.2 Å². The monoisotopic (exact) mass is 238 g/mol. The first-order valence-corrected chi connectivity index (χ1v) is 6.49. The zero-order valence-corrected chi connectivity index (χ0v) is 10.6. The molecule has 17 heavy (non-hydrogen) atoms. The van der Waals surface area contributed by atoms with Crippen LogP contribution < -0.4 is 5.32 Å². The zero-order valence-electron chi connectivity index (χ0n) is 10.6. The first-order valence-electron chi connectivity index (χ1n) is 6.49. The third-order valence-corrected chi connectivity index (χ3v) is 3.61. The van der Waals surface area contributed by atoms with Gasteiger partial charge in [0, 0.05) is 25.7 Å². The van der Waals surface area contributed by atoms with E-state index < -0.39 is 5.54 Å². The van der Waals surface area contributed by atoms with Gasteiger partial charge in [-0.2, -0.15) is 0 Å². The maximum atomic E-state index is 12.1. The van der Waals surface area contributed by atoms with Crippen molar-refractivity contribution < 1.29 is 9.53 Å². The molecular weight excluding hydrogens is 216 g/mol. The average Bonchev–Trinajstić information content (AvgIpc) is 3.08. The molecule has 2 rings (SSSR count). The van der Waals surface area contributed by atoms with E-state index in [4.69, 9.17) is 4.74 Å². The summed E-state index contributed by atoms with van der Waals surface area (Å²) in [6.45, 7) is 8.42. The van der Waals surface area contributed by atoms with E-state index in [2.05, 4.69) is 16.8 Å². The minimum atomic E-state index is -0.507. The van der Waals surface area contributed by atoms with E-state index in [1.165, 1.54) is 12.8 Å². The van der Waals surface area contributed by atoms with Crippen molar-refractivity contribution >= 4 is 5.97 Å². The fourth-order valence-electron chi connectivity index (χ4n) is 2.51. The van der Waals surface area contributed by atoms with Crippen LogP contribution in [0.15, 0.2) is 12.7 Å². The molecule has 1 heterocycles. The Morgan fingerprint density at radius 3 is 3.00 bits per heavy atom. The SMILES string of the molecule is C=CCNC1(C(=O)OCC)CCN(C2CC2)C1. The van der Waals surface area contributed by atoms with Crippen LogP contribution in [-0.2, 0) is 9.53 Å². The first-order chi connectivity index (χ1) is 8.22. The molecule has 0 aromatic carbocycles. The molecule has 0 amide bonds. The fraction of sp³-hybridized carbons (Fsp3) is 0.769. The molecule has 0 bridgehead atoms. The molecule has 2 aliphatic rings. The lowest BCUT2D eigenvalue weighted by Gasteiger charge is -2.28. The van der Waals surface area contributed by atoms with E-state index in [1.807, 2.05) is 6.92 Å². The van der Waals surface area contributed by atoms with Crippen LogP contribution >= 0.6 is 0 Å². The van der Waals surface area contributed by atoms with Gasteiger partial charge in [0.25, 0.3) is 0 Å². The van der Waals surface area contributed by atoms with Crippen LogP contribution in [0.5, 0.6) is 0 Å². The van der Waals surface area contributed by atoms with Crippen molar-refractivity contribution in [2.45, 2.75) is 37.8 Å². The smallest absolute Gasteiger partial charge is 0.327 e. The van der Waals surface area contributed by atoms with Crippen molar-refractivity contribution in [3.8, 4) is 0 Å². The summed E-state index contributed by atoms with van der Waals surface area (Å²) in [5.74, 6) is -0.106. The molecule has 0 radical (unpaired) electrons. The molecule has 1 saturated heterocycles. The summed E-state index contributed by atoms with van der Waals surface area (Å²) < 4.78 is 5.21. The van der Waals surface area contributed by atoms with E-state index in [0.29, 0.717) is 19.2 Å². The van der Waals surface area contributed by atoms with Crippen molar-refractivity contribution in [2.24, 2.45) is 0 Å². The highest BCUT2D eigenvalue weighted by Gasteiger charge is 2.48. The minimum absolute atomic E-state index is 0.106. The van der Waals surface area contributed by atoms with Crippen LogP contribution in [0.3, 0.4) is 0 Å². The van der Waals surface area contributed by atoms with Gasteiger partial charge in [0.15, 0.2) is 0 Å². The van der Waals surface area contributed by atoms with Crippen LogP contribution in [0.4, 0.5) is 0 Å². The normalized spacial score (nSPS) is 29.2. The Balaban J connectivity index is 2.01. The van der Waals surface area contributed by atoms with Gasteiger partial charge in [-0.1, -0.05) is 6.08 Å². The van der Waals surface area contributed by atoms with E-state index >= 15 is 0 Å². The van der Waals surface area contributed by atoms with E-state index in [-0.39, 0.29) is 5.97 Å². The topological polar surface area (TPSA) is 41.6 Å². The van der Waals surface area contributed by atoms with Crippen molar-refractivity contribution in [3.63, 3.8) is 0 Å². The molecule has 2 fully saturated rings. The van der Waals surface area contributed by atoms with Gasteiger partial charge in [-0.05, 0) is 26.2 Å². The Morgan fingerprint density at radius 2 is 2.41 bits per heavy atom. The van der Waals surface area contributed by atoms with Gasteiger partial charge in [0.1, 0.15) is 5.54 Å². The predicted octanol–water partition coefficient (Wildman–Crippen LogP) is 0.932. The summed E-state index contributed by atoms with van der Waals surface area (Å²) in [6.07, 6.45) is 5.19. The molecule has 4 heteroatoms. The van der Waals surface area contributed by atoms with Crippen LogP contribution in [0.2, 0.25) is 0 Å². The molecule has 1 unspecified atom stereocenters.